The number of benzene rings is 1. The third-order valence-electron chi connectivity index (χ3n) is 4.70. The number of halogens is 1. The summed E-state index contributed by atoms with van der Waals surface area (Å²) < 4.78 is 1.60. The Bertz CT molecular complexity index is 1290. The minimum absolute atomic E-state index is 0.135. The summed E-state index contributed by atoms with van der Waals surface area (Å²) in [7, 11) is 0. The van der Waals surface area contributed by atoms with Gasteiger partial charge < -0.3 is 5.32 Å². The average molecular weight is 428 g/mol. The van der Waals surface area contributed by atoms with E-state index in [1.165, 1.54) is 17.4 Å². The highest BCUT2D eigenvalue weighted by molar-refractivity contribution is 7.16. The molecule has 0 saturated heterocycles. The second kappa shape index (κ2) is 7.46. The zero-order valence-corrected chi connectivity index (χ0v) is 17.6. The second-order valence-corrected chi connectivity index (χ2v) is 8.37. The van der Waals surface area contributed by atoms with Gasteiger partial charge in [0.15, 0.2) is 10.8 Å². The van der Waals surface area contributed by atoms with E-state index in [0.717, 1.165) is 27.4 Å². The lowest BCUT2D eigenvalue weighted by molar-refractivity contribution is -0.115. The lowest BCUT2D eigenvalue weighted by atomic mass is 10.1. The number of nitrogens with zero attached hydrogens (tertiary/aromatic N) is 3. The molecule has 0 unspecified atom stereocenters. The number of fused-ring (bicyclic) bond motifs is 1. The molecule has 0 fully saturated rings. The molecule has 9 heteroatoms. The Morgan fingerprint density at radius 3 is 2.66 bits per heavy atom. The van der Waals surface area contributed by atoms with Gasteiger partial charge in [-0.1, -0.05) is 23.7 Å². The first-order valence-electron chi connectivity index (χ1n) is 8.93. The zero-order valence-electron chi connectivity index (χ0n) is 16.0. The molecule has 1 aromatic carbocycles. The van der Waals surface area contributed by atoms with Crippen molar-refractivity contribution in [2.45, 2.75) is 27.2 Å². The zero-order chi connectivity index (χ0) is 20.7. The Morgan fingerprint density at radius 2 is 1.93 bits per heavy atom. The van der Waals surface area contributed by atoms with Crippen LogP contribution in [0.5, 0.6) is 0 Å². The number of H-pyrrole nitrogens is 1. The second-order valence-electron chi connectivity index (χ2n) is 6.73. The Morgan fingerprint density at radius 1 is 1.21 bits per heavy atom. The average Bonchev–Trinajstić information content (AvgIpc) is 3.21. The molecule has 0 aliphatic rings. The number of rotatable bonds is 4. The molecule has 0 radical (unpaired) electrons. The summed E-state index contributed by atoms with van der Waals surface area (Å²) in [5.74, 6) is -0.191. The maximum Gasteiger partial charge on any atom is 0.266 e. The smallest absolute Gasteiger partial charge is 0.266 e. The standard InChI is InChI=1S/C20H18ClN5O2S/c1-10-15(11(2)26-16(22-10)9-18(28)25-26)8-17(27)23-20-24-19(12(3)29-20)13-4-6-14(21)7-5-13/h4-7,9H,8H2,1-3H3,(H,25,28)(H,23,24,27). The third kappa shape index (κ3) is 3.81. The lowest BCUT2D eigenvalue weighted by Gasteiger charge is -2.11. The van der Waals surface area contributed by atoms with E-state index in [-0.39, 0.29) is 17.9 Å². The first-order chi connectivity index (χ1) is 13.8. The van der Waals surface area contributed by atoms with Crippen molar-refractivity contribution in [3.05, 3.63) is 67.5 Å². The van der Waals surface area contributed by atoms with Crippen molar-refractivity contribution >= 4 is 39.6 Å². The molecule has 0 aliphatic heterocycles. The molecule has 0 saturated carbocycles. The summed E-state index contributed by atoms with van der Waals surface area (Å²) in [5.41, 5.74) is 4.35. The fraction of sp³-hybridized carbons (Fsp3) is 0.200. The summed E-state index contributed by atoms with van der Waals surface area (Å²) in [6.07, 6.45) is 0.135. The van der Waals surface area contributed by atoms with Gasteiger partial charge in [-0.3, -0.25) is 14.7 Å². The number of carbonyl (C=O) groups is 1. The summed E-state index contributed by atoms with van der Waals surface area (Å²) in [4.78, 5) is 34.2. The van der Waals surface area contributed by atoms with E-state index in [1.54, 1.807) is 4.52 Å². The van der Waals surface area contributed by atoms with E-state index in [0.29, 0.717) is 21.5 Å². The van der Waals surface area contributed by atoms with Gasteiger partial charge in [-0.05, 0) is 32.9 Å². The molecule has 3 aromatic heterocycles. The highest BCUT2D eigenvalue weighted by Crippen LogP contribution is 2.31. The molecule has 0 aliphatic carbocycles. The van der Waals surface area contributed by atoms with Gasteiger partial charge in [-0.2, -0.15) is 0 Å². The van der Waals surface area contributed by atoms with Crippen LogP contribution in [-0.2, 0) is 11.2 Å². The summed E-state index contributed by atoms with van der Waals surface area (Å²) >= 11 is 7.37. The van der Waals surface area contributed by atoms with Crippen molar-refractivity contribution in [1.82, 2.24) is 19.6 Å². The largest absolute Gasteiger partial charge is 0.302 e. The molecular formula is C20H18ClN5O2S. The van der Waals surface area contributed by atoms with E-state index in [2.05, 4.69) is 20.4 Å². The Balaban J connectivity index is 1.56. The van der Waals surface area contributed by atoms with E-state index in [1.807, 2.05) is 45.0 Å². The molecule has 0 bridgehead atoms. The van der Waals surface area contributed by atoms with Crippen molar-refractivity contribution < 1.29 is 4.79 Å². The summed E-state index contributed by atoms with van der Waals surface area (Å²) in [5, 5.41) is 6.77. The lowest BCUT2D eigenvalue weighted by Crippen LogP contribution is -2.17. The topological polar surface area (TPSA) is 92.1 Å². The predicted octanol–water partition coefficient (Wildman–Crippen LogP) is 3.91. The predicted molar refractivity (Wildman–Crippen MR) is 115 cm³/mol. The van der Waals surface area contributed by atoms with Gasteiger partial charge in [0.05, 0.1) is 12.1 Å². The van der Waals surface area contributed by atoms with Gasteiger partial charge in [0.25, 0.3) is 5.56 Å². The molecule has 0 atom stereocenters. The molecule has 4 rings (SSSR count). The molecule has 7 nitrogen and oxygen atoms in total. The fourth-order valence-corrected chi connectivity index (χ4v) is 4.24. The number of hydrogen-bond acceptors (Lipinski definition) is 5. The number of aromatic nitrogens is 4. The number of carbonyl (C=O) groups excluding carboxylic acids is 1. The summed E-state index contributed by atoms with van der Waals surface area (Å²) in [6, 6.07) is 8.87. The van der Waals surface area contributed by atoms with E-state index >= 15 is 0 Å². The molecule has 0 spiro atoms. The van der Waals surface area contributed by atoms with Crippen LogP contribution < -0.4 is 10.9 Å². The van der Waals surface area contributed by atoms with Gasteiger partial charge in [-0.15, -0.1) is 11.3 Å². The van der Waals surface area contributed by atoms with Crippen LogP contribution in [0.4, 0.5) is 5.13 Å². The normalized spacial score (nSPS) is 11.2. The van der Waals surface area contributed by atoms with Crippen molar-refractivity contribution in [2.75, 3.05) is 5.32 Å². The fourth-order valence-electron chi connectivity index (χ4n) is 3.26. The van der Waals surface area contributed by atoms with Crippen molar-refractivity contribution in [2.24, 2.45) is 0 Å². The van der Waals surface area contributed by atoms with Crippen LogP contribution in [0.25, 0.3) is 16.9 Å². The van der Waals surface area contributed by atoms with Crippen LogP contribution in [0, 0.1) is 20.8 Å². The first-order valence-corrected chi connectivity index (χ1v) is 10.1. The molecule has 148 valence electrons. The minimum Gasteiger partial charge on any atom is -0.302 e. The Kier molecular flexibility index (Phi) is 4.97. The number of aromatic amines is 1. The van der Waals surface area contributed by atoms with Crippen LogP contribution in [0.1, 0.15) is 21.8 Å². The SMILES string of the molecule is Cc1nc2cc(=O)[nH]n2c(C)c1CC(=O)Nc1nc(-c2ccc(Cl)cc2)c(C)s1. The quantitative estimate of drug-likeness (QED) is 0.516. The molecule has 1 amide bonds. The Labute approximate surface area is 175 Å². The van der Waals surface area contributed by atoms with Gasteiger partial charge >= 0.3 is 0 Å². The van der Waals surface area contributed by atoms with Crippen molar-refractivity contribution in [1.29, 1.82) is 0 Å². The number of amides is 1. The van der Waals surface area contributed by atoms with Crippen LogP contribution in [0.2, 0.25) is 5.02 Å². The monoisotopic (exact) mass is 427 g/mol. The van der Waals surface area contributed by atoms with Gasteiger partial charge in [0.1, 0.15) is 0 Å². The third-order valence-corrected chi connectivity index (χ3v) is 5.84. The molecule has 2 N–H and O–H groups in total. The summed E-state index contributed by atoms with van der Waals surface area (Å²) in [6.45, 7) is 5.65. The van der Waals surface area contributed by atoms with Crippen LogP contribution in [0.3, 0.4) is 0 Å². The van der Waals surface area contributed by atoms with Crippen molar-refractivity contribution in [3.63, 3.8) is 0 Å². The highest BCUT2D eigenvalue weighted by atomic mass is 35.5. The highest BCUT2D eigenvalue weighted by Gasteiger charge is 2.16. The molecule has 3 heterocycles. The van der Waals surface area contributed by atoms with E-state index in [4.69, 9.17) is 11.6 Å². The number of thiazole rings is 1. The van der Waals surface area contributed by atoms with Gasteiger partial charge in [0.2, 0.25) is 5.91 Å². The molecule has 29 heavy (non-hydrogen) atoms. The maximum atomic E-state index is 12.7. The number of nitrogens with one attached hydrogen (secondary N) is 2. The number of anilines is 1. The van der Waals surface area contributed by atoms with E-state index in [9.17, 15) is 9.59 Å². The van der Waals surface area contributed by atoms with Crippen LogP contribution in [-0.4, -0.2) is 25.5 Å². The Hall–Kier alpha value is -2.97. The minimum atomic E-state index is -0.227. The first kappa shape index (κ1) is 19.4. The van der Waals surface area contributed by atoms with E-state index < -0.39 is 0 Å². The number of hydrogen-bond donors (Lipinski definition) is 2. The van der Waals surface area contributed by atoms with Gasteiger partial charge in [0, 0.05) is 38.5 Å². The maximum absolute atomic E-state index is 12.7. The van der Waals surface area contributed by atoms with Crippen LogP contribution >= 0.6 is 22.9 Å². The van der Waals surface area contributed by atoms with Crippen LogP contribution in [0.15, 0.2) is 35.1 Å². The number of aryl methyl sites for hydroxylation is 3. The molecule has 4 aromatic rings. The van der Waals surface area contributed by atoms with Crippen molar-refractivity contribution in [3.8, 4) is 11.3 Å². The molecular weight excluding hydrogens is 410 g/mol. The van der Waals surface area contributed by atoms with Gasteiger partial charge in [-0.25, -0.2) is 14.5 Å².